The van der Waals surface area contributed by atoms with Gasteiger partial charge in [0, 0.05) is 22.9 Å². The van der Waals surface area contributed by atoms with E-state index in [-0.39, 0.29) is 5.56 Å². The summed E-state index contributed by atoms with van der Waals surface area (Å²) in [5.74, 6) is -0.455. The smallest absolute Gasteiger partial charge is 0.258 e. The summed E-state index contributed by atoms with van der Waals surface area (Å²) in [6.45, 7) is 2.89. The van der Waals surface area contributed by atoms with Gasteiger partial charge in [-0.25, -0.2) is 0 Å². The molecule has 0 aliphatic rings. The summed E-state index contributed by atoms with van der Waals surface area (Å²) >= 11 is 0. The van der Waals surface area contributed by atoms with Gasteiger partial charge in [0.25, 0.3) is 5.56 Å². The van der Waals surface area contributed by atoms with Crippen molar-refractivity contribution in [2.24, 2.45) is 5.73 Å². The molecule has 0 radical (unpaired) electrons. The molecule has 1 heterocycles. The van der Waals surface area contributed by atoms with E-state index >= 15 is 0 Å². The zero-order valence-corrected chi connectivity index (χ0v) is 14.6. The Balaban J connectivity index is 2.12. The van der Waals surface area contributed by atoms with E-state index in [9.17, 15) is 9.59 Å². The minimum atomic E-state index is -0.455. The number of rotatable bonds is 7. The molecule has 0 aliphatic heterocycles. The average Bonchev–Trinajstić information content (AvgIpc) is 2.63. The number of aryl methyl sites for hydroxylation is 1. The Labute approximate surface area is 147 Å². The number of hydrogen-bond donors (Lipinski definition) is 1. The number of pyridine rings is 1. The van der Waals surface area contributed by atoms with E-state index in [0.717, 1.165) is 29.1 Å². The lowest BCUT2D eigenvalue weighted by molar-refractivity contribution is 0.100. The number of hydrogen-bond acceptors (Lipinski definition) is 2. The van der Waals surface area contributed by atoms with Gasteiger partial charge in [-0.1, -0.05) is 50.8 Å². The van der Waals surface area contributed by atoms with Gasteiger partial charge in [0.05, 0.1) is 5.52 Å². The van der Waals surface area contributed by atoms with Crippen LogP contribution in [0.15, 0.2) is 47.3 Å². The van der Waals surface area contributed by atoms with E-state index in [1.807, 2.05) is 34.9 Å². The van der Waals surface area contributed by atoms with Crippen molar-refractivity contribution < 1.29 is 4.79 Å². The molecule has 2 aromatic carbocycles. The molecule has 4 nitrogen and oxygen atoms in total. The highest BCUT2D eigenvalue weighted by Gasteiger charge is 2.12. The topological polar surface area (TPSA) is 65.1 Å². The summed E-state index contributed by atoms with van der Waals surface area (Å²) in [5.41, 5.74) is 6.80. The van der Waals surface area contributed by atoms with Crippen molar-refractivity contribution >= 4 is 27.6 Å². The monoisotopic (exact) mass is 336 g/mol. The van der Waals surface area contributed by atoms with E-state index in [0.29, 0.717) is 17.5 Å². The molecule has 4 heteroatoms. The highest BCUT2D eigenvalue weighted by atomic mass is 16.1. The van der Waals surface area contributed by atoms with E-state index in [2.05, 4.69) is 6.92 Å². The molecule has 25 heavy (non-hydrogen) atoms. The molecule has 3 aromatic rings. The molecular weight excluding hydrogens is 312 g/mol. The summed E-state index contributed by atoms with van der Waals surface area (Å²) < 4.78 is 1.84. The quantitative estimate of drug-likeness (QED) is 0.518. The third-order valence-corrected chi connectivity index (χ3v) is 4.75. The van der Waals surface area contributed by atoms with Crippen LogP contribution in [0.3, 0.4) is 0 Å². The van der Waals surface area contributed by atoms with E-state index < -0.39 is 5.91 Å². The van der Waals surface area contributed by atoms with Crippen molar-refractivity contribution in [1.82, 2.24) is 4.57 Å². The van der Waals surface area contributed by atoms with Crippen LogP contribution in [0.4, 0.5) is 0 Å². The first-order valence-corrected chi connectivity index (χ1v) is 8.98. The van der Waals surface area contributed by atoms with Crippen LogP contribution in [0.25, 0.3) is 21.7 Å². The highest BCUT2D eigenvalue weighted by molar-refractivity contribution is 6.08. The maximum absolute atomic E-state index is 13.0. The zero-order chi connectivity index (χ0) is 17.8. The molecule has 0 atom stereocenters. The number of primary amides is 1. The van der Waals surface area contributed by atoms with Gasteiger partial charge in [-0.2, -0.15) is 0 Å². The Morgan fingerprint density at radius 2 is 1.68 bits per heavy atom. The molecule has 0 fully saturated rings. The average molecular weight is 336 g/mol. The first kappa shape index (κ1) is 17.2. The number of benzene rings is 2. The summed E-state index contributed by atoms with van der Waals surface area (Å²) in [4.78, 5) is 24.5. The van der Waals surface area contributed by atoms with Gasteiger partial charge in [-0.15, -0.1) is 0 Å². The zero-order valence-electron chi connectivity index (χ0n) is 14.6. The second-order valence-electron chi connectivity index (χ2n) is 6.51. The first-order valence-electron chi connectivity index (χ1n) is 8.98. The molecule has 3 rings (SSSR count). The first-order chi connectivity index (χ1) is 12.1. The molecule has 0 aliphatic carbocycles. The lowest BCUT2D eigenvalue weighted by Crippen LogP contribution is -2.21. The number of fused-ring (bicyclic) bond motifs is 3. The van der Waals surface area contributed by atoms with Gasteiger partial charge >= 0.3 is 0 Å². The van der Waals surface area contributed by atoms with Crippen LogP contribution in [0, 0.1) is 0 Å². The number of nitrogens with two attached hydrogens (primary N) is 1. The second-order valence-corrected chi connectivity index (χ2v) is 6.51. The number of aromatic nitrogens is 1. The van der Waals surface area contributed by atoms with Gasteiger partial charge in [-0.05, 0) is 36.1 Å². The van der Waals surface area contributed by atoms with E-state index in [4.69, 9.17) is 5.73 Å². The molecule has 0 saturated heterocycles. The van der Waals surface area contributed by atoms with Gasteiger partial charge in [0.15, 0.2) is 0 Å². The lowest BCUT2D eigenvalue weighted by Gasteiger charge is -2.14. The minimum absolute atomic E-state index is 0.0328. The Morgan fingerprint density at radius 1 is 0.960 bits per heavy atom. The molecule has 0 unspecified atom stereocenters. The predicted molar refractivity (Wildman–Crippen MR) is 103 cm³/mol. The maximum atomic E-state index is 13.0. The summed E-state index contributed by atoms with van der Waals surface area (Å²) in [6.07, 6.45) is 5.73. The van der Waals surface area contributed by atoms with Crippen LogP contribution in [0.5, 0.6) is 0 Å². The van der Waals surface area contributed by atoms with Crippen LogP contribution in [0.2, 0.25) is 0 Å². The Morgan fingerprint density at radius 3 is 2.40 bits per heavy atom. The van der Waals surface area contributed by atoms with Crippen LogP contribution >= 0.6 is 0 Å². The molecule has 1 amide bonds. The fourth-order valence-corrected chi connectivity index (χ4v) is 3.40. The maximum Gasteiger partial charge on any atom is 0.258 e. The van der Waals surface area contributed by atoms with Gasteiger partial charge in [0.1, 0.15) is 0 Å². The van der Waals surface area contributed by atoms with E-state index in [1.165, 1.54) is 19.3 Å². The van der Waals surface area contributed by atoms with Gasteiger partial charge < -0.3 is 10.3 Å². The number of nitrogens with zero attached hydrogens (tertiary/aromatic N) is 1. The lowest BCUT2D eigenvalue weighted by atomic mass is 10.0. The third-order valence-electron chi connectivity index (χ3n) is 4.75. The van der Waals surface area contributed by atoms with Crippen LogP contribution in [-0.4, -0.2) is 10.5 Å². The van der Waals surface area contributed by atoms with Gasteiger partial charge in [0.2, 0.25) is 5.91 Å². The van der Waals surface area contributed by atoms with Crippen molar-refractivity contribution in [3.8, 4) is 0 Å². The number of carbonyl (C=O) groups is 1. The fraction of sp³-hybridized carbons (Fsp3) is 0.333. The van der Waals surface area contributed by atoms with Crippen molar-refractivity contribution in [3.63, 3.8) is 0 Å². The normalized spacial score (nSPS) is 11.2. The largest absolute Gasteiger partial charge is 0.366 e. The standard InChI is InChI=1S/C21H24N2O2/c1-2-3-4-5-8-13-23-19-12-11-15(20(22)24)14-18(19)16-9-6-7-10-17(16)21(23)25/h6-7,9-12,14H,2-5,8,13H2,1H3,(H2,22,24). The number of carbonyl (C=O) groups excluding carboxylic acids is 1. The van der Waals surface area contributed by atoms with Crippen LogP contribution in [0.1, 0.15) is 49.4 Å². The molecule has 0 spiro atoms. The number of amides is 1. The number of unbranched alkanes of at least 4 members (excludes halogenated alkanes) is 4. The third kappa shape index (κ3) is 3.43. The highest BCUT2D eigenvalue weighted by Crippen LogP contribution is 2.24. The van der Waals surface area contributed by atoms with Crippen molar-refractivity contribution in [1.29, 1.82) is 0 Å². The minimum Gasteiger partial charge on any atom is -0.366 e. The SMILES string of the molecule is CCCCCCCn1c(=O)c2ccccc2c2cc(C(N)=O)ccc21. The molecule has 1 aromatic heterocycles. The molecule has 2 N–H and O–H groups in total. The molecular formula is C21H24N2O2. The van der Waals surface area contributed by atoms with Crippen molar-refractivity contribution in [2.75, 3.05) is 0 Å². The van der Waals surface area contributed by atoms with Crippen LogP contribution < -0.4 is 11.3 Å². The summed E-state index contributed by atoms with van der Waals surface area (Å²) in [6, 6.07) is 12.9. The van der Waals surface area contributed by atoms with Crippen molar-refractivity contribution in [3.05, 3.63) is 58.4 Å². The van der Waals surface area contributed by atoms with Crippen molar-refractivity contribution in [2.45, 2.75) is 45.6 Å². The Bertz CT molecular complexity index is 973. The summed E-state index contributed by atoms with van der Waals surface area (Å²) in [5, 5.41) is 2.46. The Kier molecular flexibility index (Phi) is 5.17. The summed E-state index contributed by atoms with van der Waals surface area (Å²) in [7, 11) is 0. The second kappa shape index (κ2) is 7.51. The van der Waals surface area contributed by atoms with Gasteiger partial charge in [-0.3, -0.25) is 9.59 Å². The van der Waals surface area contributed by atoms with E-state index in [1.54, 1.807) is 12.1 Å². The fourth-order valence-electron chi connectivity index (χ4n) is 3.40. The molecule has 0 saturated carbocycles. The predicted octanol–water partition coefficient (Wildman–Crippen LogP) is 4.22. The Hall–Kier alpha value is -2.62. The van der Waals surface area contributed by atoms with Crippen LogP contribution in [-0.2, 0) is 6.54 Å². The molecule has 130 valence electrons. The molecule has 0 bridgehead atoms.